The van der Waals surface area contributed by atoms with Gasteiger partial charge in [-0.3, -0.25) is 4.98 Å². The number of pyridine rings is 1. The maximum Gasteiger partial charge on any atom is 0.0702 e. The zero-order chi connectivity index (χ0) is 12.8. The highest BCUT2D eigenvalue weighted by molar-refractivity contribution is 7.98. The average molecular weight is 260 g/mol. The molecule has 0 fully saturated rings. The molecule has 2 aromatic rings. The summed E-state index contributed by atoms with van der Waals surface area (Å²) in [5.74, 6) is 1.08. The molecule has 2 rings (SSSR count). The van der Waals surface area contributed by atoms with E-state index in [9.17, 15) is 0 Å². The molecule has 1 atom stereocenters. The highest BCUT2D eigenvalue weighted by Gasteiger charge is 2.10. The number of hydrogen-bond donors (Lipinski definition) is 1. The fraction of sp³-hybridized carbons (Fsp3) is 0.400. The lowest BCUT2D eigenvalue weighted by molar-refractivity contribution is 0.577. The van der Waals surface area contributed by atoms with E-state index < -0.39 is 0 Å². The van der Waals surface area contributed by atoms with Gasteiger partial charge in [-0.2, -0.15) is 11.8 Å². The van der Waals surface area contributed by atoms with Crippen LogP contribution in [0.2, 0.25) is 0 Å². The zero-order valence-electron chi connectivity index (χ0n) is 11.0. The van der Waals surface area contributed by atoms with Crippen molar-refractivity contribution in [1.82, 2.24) is 10.3 Å². The van der Waals surface area contributed by atoms with Crippen LogP contribution in [0.1, 0.15) is 24.9 Å². The molecule has 0 spiro atoms. The van der Waals surface area contributed by atoms with Gasteiger partial charge in [-0.15, -0.1) is 0 Å². The summed E-state index contributed by atoms with van der Waals surface area (Å²) < 4.78 is 0. The summed E-state index contributed by atoms with van der Waals surface area (Å²) in [6.45, 7) is 3.25. The van der Waals surface area contributed by atoms with E-state index in [1.54, 1.807) is 0 Å². The number of fused-ring (bicyclic) bond motifs is 1. The second-order valence-corrected chi connectivity index (χ2v) is 5.33. The predicted octanol–water partition coefficient (Wildman–Crippen LogP) is 3.64. The van der Waals surface area contributed by atoms with E-state index in [1.165, 1.54) is 10.9 Å². The molecular weight excluding hydrogens is 240 g/mol. The molecule has 1 N–H and O–H groups in total. The minimum Gasteiger partial charge on any atom is -0.309 e. The summed E-state index contributed by atoms with van der Waals surface area (Å²) >= 11 is 1.87. The molecule has 0 saturated carbocycles. The molecule has 0 saturated heterocycles. The third-order valence-corrected chi connectivity index (χ3v) is 3.65. The Labute approximate surface area is 113 Å². The van der Waals surface area contributed by atoms with Crippen molar-refractivity contribution in [3.63, 3.8) is 0 Å². The molecule has 0 aliphatic heterocycles. The van der Waals surface area contributed by atoms with Gasteiger partial charge in [-0.05, 0) is 36.9 Å². The predicted molar refractivity (Wildman–Crippen MR) is 81.2 cm³/mol. The third-order valence-electron chi connectivity index (χ3n) is 2.99. The van der Waals surface area contributed by atoms with Gasteiger partial charge in [-0.1, -0.05) is 25.1 Å². The molecule has 1 aromatic heterocycles. The van der Waals surface area contributed by atoms with E-state index in [1.807, 2.05) is 24.0 Å². The minimum absolute atomic E-state index is 0.400. The molecule has 0 aliphatic carbocycles. The van der Waals surface area contributed by atoms with Crippen LogP contribution >= 0.6 is 11.8 Å². The number of para-hydroxylation sites is 1. The van der Waals surface area contributed by atoms with Gasteiger partial charge >= 0.3 is 0 Å². The van der Waals surface area contributed by atoms with Crippen molar-refractivity contribution in [3.05, 3.63) is 42.1 Å². The molecule has 1 unspecified atom stereocenters. The van der Waals surface area contributed by atoms with Crippen LogP contribution in [0.3, 0.4) is 0 Å². The van der Waals surface area contributed by atoms with E-state index in [0.717, 1.165) is 24.2 Å². The molecule has 0 bridgehead atoms. The third kappa shape index (κ3) is 3.24. The Bertz CT molecular complexity index is 499. The van der Waals surface area contributed by atoms with Gasteiger partial charge in [0.25, 0.3) is 0 Å². The normalized spacial score (nSPS) is 12.8. The monoisotopic (exact) mass is 260 g/mol. The fourth-order valence-corrected chi connectivity index (χ4v) is 2.68. The highest BCUT2D eigenvalue weighted by atomic mass is 32.2. The molecule has 18 heavy (non-hydrogen) atoms. The number of benzene rings is 1. The van der Waals surface area contributed by atoms with Crippen LogP contribution in [0.4, 0.5) is 0 Å². The minimum atomic E-state index is 0.400. The summed E-state index contributed by atoms with van der Waals surface area (Å²) in [4.78, 5) is 4.54. The second kappa shape index (κ2) is 6.76. The number of hydrogen-bond acceptors (Lipinski definition) is 3. The first-order chi connectivity index (χ1) is 8.85. The SMILES string of the molecule is CCCNC(CSC)c1cnc2ccccc2c1. The lowest BCUT2D eigenvalue weighted by Crippen LogP contribution is -2.24. The van der Waals surface area contributed by atoms with Crippen molar-refractivity contribution in [2.24, 2.45) is 0 Å². The maximum absolute atomic E-state index is 4.54. The number of nitrogens with zero attached hydrogens (tertiary/aromatic N) is 1. The zero-order valence-corrected chi connectivity index (χ0v) is 11.8. The van der Waals surface area contributed by atoms with Crippen LogP contribution in [-0.4, -0.2) is 23.5 Å². The van der Waals surface area contributed by atoms with Crippen molar-refractivity contribution in [2.75, 3.05) is 18.6 Å². The smallest absolute Gasteiger partial charge is 0.0702 e. The lowest BCUT2D eigenvalue weighted by Gasteiger charge is -2.18. The summed E-state index contributed by atoms with van der Waals surface area (Å²) in [6.07, 6.45) is 5.31. The van der Waals surface area contributed by atoms with Crippen LogP contribution in [0.5, 0.6) is 0 Å². The van der Waals surface area contributed by atoms with Gasteiger partial charge in [0.05, 0.1) is 5.52 Å². The average Bonchev–Trinajstić information content (AvgIpc) is 2.43. The largest absolute Gasteiger partial charge is 0.309 e. The van der Waals surface area contributed by atoms with Gasteiger partial charge in [0, 0.05) is 23.4 Å². The maximum atomic E-state index is 4.54. The number of rotatable bonds is 6. The number of thioether (sulfide) groups is 1. The summed E-state index contributed by atoms with van der Waals surface area (Å²) in [7, 11) is 0. The Kier molecular flexibility index (Phi) is 5.02. The first kappa shape index (κ1) is 13.4. The molecule has 1 heterocycles. The van der Waals surface area contributed by atoms with Crippen LogP contribution in [0.15, 0.2) is 36.5 Å². The van der Waals surface area contributed by atoms with Crippen molar-refractivity contribution in [1.29, 1.82) is 0 Å². The van der Waals surface area contributed by atoms with Gasteiger partial charge < -0.3 is 5.32 Å². The van der Waals surface area contributed by atoms with E-state index in [0.29, 0.717) is 6.04 Å². The fourth-order valence-electron chi connectivity index (χ4n) is 2.04. The van der Waals surface area contributed by atoms with Crippen LogP contribution < -0.4 is 5.32 Å². The van der Waals surface area contributed by atoms with Gasteiger partial charge in [0.1, 0.15) is 0 Å². The van der Waals surface area contributed by atoms with Gasteiger partial charge in [0.2, 0.25) is 0 Å². The number of nitrogens with one attached hydrogen (secondary N) is 1. The molecule has 2 nitrogen and oxygen atoms in total. The molecule has 0 amide bonds. The Morgan fingerprint density at radius 2 is 2.17 bits per heavy atom. The topological polar surface area (TPSA) is 24.9 Å². The summed E-state index contributed by atoms with van der Waals surface area (Å²) in [5, 5.41) is 4.81. The molecule has 0 aliphatic rings. The molecule has 3 heteroatoms. The van der Waals surface area contributed by atoms with E-state index in [2.05, 4.69) is 47.7 Å². The van der Waals surface area contributed by atoms with Gasteiger partial charge in [-0.25, -0.2) is 0 Å². The van der Waals surface area contributed by atoms with E-state index in [4.69, 9.17) is 0 Å². The van der Waals surface area contributed by atoms with Crippen molar-refractivity contribution < 1.29 is 0 Å². The Morgan fingerprint density at radius 1 is 1.33 bits per heavy atom. The van der Waals surface area contributed by atoms with Crippen LogP contribution in [-0.2, 0) is 0 Å². The Balaban J connectivity index is 2.25. The molecule has 1 aromatic carbocycles. The quantitative estimate of drug-likeness (QED) is 0.858. The van der Waals surface area contributed by atoms with E-state index >= 15 is 0 Å². The summed E-state index contributed by atoms with van der Waals surface area (Å²) in [6, 6.07) is 10.9. The standard InChI is InChI=1S/C15H20N2S/c1-3-8-16-15(11-18-2)13-9-12-6-4-5-7-14(12)17-10-13/h4-7,9-10,15-16H,3,8,11H2,1-2H3. The summed E-state index contributed by atoms with van der Waals surface area (Å²) in [5.41, 5.74) is 2.36. The molecule has 96 valence electrons. The second-order valence-electron chi connectivity index (χ2n) is 4.42. The van der Waals surface area contributed by atoms with E-state index in [-0.39, 0.29) is 0 Å². The van der Waals surface area contributed by atoms with Crippen LogP contribution in [0, 0.1) is 0 Å². The van der Waals surface area contributed by atoms with Gasteiger partial charge in [0.15, 0.2) is 0 Å². The first-order valence-electron chi connectivity index (χ1n) is 6.42. The number of aromatic nitrogens is 1. The van der Waals surface area contributed by atoms with Crippen LogP contribution in [0.25, 0.3) is 10.9 Å². The Hall–Kier alpha value is -1.06. The van der Waals surface area contributed by atoms with Crippen molar-refractivity contribution in [3.8, 4) is 0 Å². The lowest BCUT2D eigenvalue weighted by atomic mass is 10.1. The highest BCUT2D eigenvalue weighted by Crippen LogP contribution is 2.20. The first-order valence-corrected chi connectivity index (χ1v) is 7.81. The van der Waals surface area contributed by atoms with Crippen molar-refractivity contribution in [2.45, 2.75) is 19.4 Å². The van der Waals surface area contributed by atoms with Crippen molar-refractivity contribution >= 4 is 22.7 Å². The molecular formula is C15H20N2S. The Morgan fingerprint density at radius 3 is 2.94 bits per heavy atom. The molecule has 0 radical (unpaired) electrons.